The number of nitrogens with one attached hydrogen (secondary N) is 1. The summed E-state index contributed by atoms with van der Waals surface area (Å²) in [6.07, 6.45) is 4.42. The lowest BCUT2D eigenvalue weighted by molar-refractivity contribution is -0.121. The van der Waals surface area contributed by atoms with Crippen molar-refractivity contribution >= 4 is 5.91 Å². The van der Waals surface area contributed by atoms with Crippen molar-refractivity contribution in [1.29, 1.82) is 5.26 Å². The molecule has 0 aliphatic rings. The molecule has 0 spiro atoms. The molecule has 0 radical (unpaired) electrons. The number of aromatic nitrogens is 3. The Hall–Kier alpha value is -3.21. The van der Waals surface area contributed by atoms with Crippen LogP contribution in [0.25, 0.3) is 0 Å². The summed E-state index contributed by atoms with van der Waals surface area (Å²) in [6, 6.07) is 5.27. The van der Waals surface area contributed by atoms with Crippen molar-refractivity contribution in [2.45, 2.75) is 26.6 Å². The summed E-state index contributed by atoms with van der Waals surface area (Å²) >= 11 is 0. The monoisotopic (exact) mass is 313 g/mol. The Labute approximate surface area is 131 Å². The van der Waals surface area contributed by atoms with E-state index in [1.165, 1.54) is 10.8 Å². The van der Waals surface area contributed by atoms with Gasteiger partial charge >= 0.3 is 5.69 Å². The molecule has 0 saturated heterocycles. The van der Waals surface area contributed by atoms with Gasteiger partial charge in [-0.15, -0.1) is 0 Å². The van der Waals surface area contributed by atoms with Crippen LogP contribution in [0.15, 0.2) is 40.3 Å². The van der Waals surface area contributed by atoms with Gasteiger partial charge in [-0.25, -0.2) is 9.36 Å². The molecule has 1 amide bonds. The summed E-state index contributed by atoms with van der Waals surface area (Å²) in [5.41, 5.74) is -0.761. The number of rotatable bonds is 5. The van der Waals surface area contributed by atoms with Crippen LogP contribution in [0.3, 0.4) is 0 Å². The Balaban J connectivity index is 2.19. The van der Waals surface area contributed by atoms with Crippen LogP contribution >= 0.6 is 0 Å². The van der Waals surface area contributed by atoms with Crippen LogP contribution in [0.1, 0.15) is 18.1 Å². The molecule has 0 atom stereocenters. The number of pyridine rings is 1. The number of hydrogen-bond acceptors (Lipinski definition) is 5. The SMILES string of the molecule is CCn1cc(C#N)c(=O)n(CC(=O)NCc2cccnc2)c1=O. The van der Waals surface area contributed by atoms with Crippen molar-refractivity contribution in [3.8, 4) is 6.07 Å². The van der Waals surface area contributed by atoms with E-state index in [0.29, 0.717) is 6.54 Å². The molecule has 0 aliphatic heterocycles. The minimum atomic E-state index is -0.765. The van der Waals surface area contributed by atoms with Gasteiger partial charge in [0.1, 0.15) is 18.2 Å². The minimum absolute atomic E-state index is 0.175. The third-order valence-corrected chi connectivity index (χ3v) is 3.21. The summed E-state index contributed by atoms with van der Waals surface area (Å²) in [5, 5.41) is 11.6. The van der Waals surface area contributed by atoms with Crippen LogP contribution in [-0.2, 0) is 24.4 Å². The maximum atomic E-state index is 12.1. The van der Waals surface area contributed by atoms with Crippen molar-refractivity contribution in [2.24, 2.45) is 0 Å². The molecule has 2 heterocycles. The second kappa shape index (κ2) is 7.17. The average molecular weight is 313 g/mol. The zero-order chi connectivity index (χ0) is 16.8. The van der Waals surface area contributed by atoms with E-state index in [0.717, 1.165) is 10.1 Å². The van der Waals surface area contributed by atoms with Crippen LogP contribution < -0.4 is 16.6 Å². The van der Waals surface area contributed by atoms with Gasteiger partial charge in [-0.05, 0) is 18.6 Å². The van der Waals surface area contributed by atoms with Gasteiger partial charge in [0.25, 0.3) is 5.56 Å². The number of amides is 1. The molecule has 0 saturated carbocycles. The van der Waals surface area contributed by atoms with Gasteiger partial charge in [-0.3, -0.25) is 19.1 Å². The van der Waals surface area contributed by atoms with Crippen LogP contribution in [0.2, 0.25) is 0 Å². The first-order valence-corrected chi connectivity index (χ1v) is 6.96. The van der Waals surface area contributed by atoms with Gasteiger partial charge in [0, 0.05) is 31.7 Å². The Bertz CT molecular complexity index is 861. The molecule has 1 N–H and O–H groups in total. The van der Waals surface area contributed by atoms with E-state index in [2.05, 4.69) is 10.3 Å². The Kier molecular flexibility index (Phi) is 5.04. The summed E-state index contributed by atoms with van der Waals surface area (Å²) in [6.45, 7) is 1.81. The Morgan fingerprint density at radius 3 is 2.83 bits per heavy atom. The molecule has 0 unspecified atom stereocenters. The van der Waals surface area contributed by atoms with Gasteiger partial charge in [0.05, 0.1) is 0 Å². The fourth-order valence-corrected chi connectivity index (χ4v) is 2.00. The van der Waals surface area contributed by atoms with Gasteiger partial charge in [-0.2, -0.15) is 5.26 Å². The molecule has 0 aliphatic carbocycles. The molecule has 23 heavy (non-hydrogen) atoms. The first kappa shape index (κ1) is 16.2. The predicted molar refractivity (Wildman–Crippen MR) is 81.4 cm³/mol. The van der Waals surface area contributed by atoms with Gasteiger partial charge in [0.2, 0.25) is 5.91 Å². The lowest BCUT2D eigenvalue weighted by Gasteiger charge is -2.10. The number of carbonyl (C=O) groups is 1. The van der Waals surface area contributed by atoms with Crippen molar-refractivity contribution in [2.75, 3.05) is 0 Å². The molecule has 0 aromatic carbocycles. The van der Waals surface area contributed by atoms with Crippen LogP contribution in [-0.4, -0.2) is 20.0 Å². The van der Waals surface area contributed by atoms with E-state index in [9.17, 15) is 14.4 Å². The highest BCUT2D eigenvalue weighted by Crippen LogP contribution is 1.94. The average Bonchev–Trinajstić information content (AvgIpc) is 2.58. The molecular weight excluding hydrogens is 298 g/mol. The summed E-state index contributed by atoms with van der Waals surface area (Å²) in [7, 11) is 0. The minimum Gasteiger partial charge on any atom is -0.350 e. The Morgan fingerprint density at radius 1 is 1.43 bits per heavy atom. The second-order valence-electron chi connectivity index (χ2n) is 4.75. The third kappa shape index (κ3) is 3.71. The first-order chi connectivity index (χ1) is 11.1. The summed E-state index contributed by atoms with van der Waals surface area (Å²) in [5.74, 6) is -0.495. The molecule has 0 bridgehead atoms. The molecule has 118 valence electrons. The van der Waals surface area contributed by atoms with E-state index in [-0.39, 0.29) is 12.1 Å². The number of carbonyl (C=O) groups excluding carboxylic acids is 1. The lowest BCUT2D eigenvalue weighted by atomic mass is 10.3. The standard InChI is InChI=1S/C15H15N5O3/c1-2-19-9-12(6-16)14(22)20(15(19)23)10-13(21)18-8-11-4-3-5-17-7-11/h3-5,7,9H,2,8,10H2,1H3,(H,18,21). The smallest absolute Gasteiger partial charge is 0.331 e. The fraction of sp³-hybridized carbons (Fsp3) is 0.267. The van der Waals surface area contributed by atoms with E-state index < -0.39 is 23.7 Å². The largest absolute Gasteiger partial charge is 0.350 e. The zero-order valence-electron chi connectivity index (χ0n) is 12.5. The molecule has 2 rings (SSSR count). The molecule has 8 nitrogen and oxygen atoms in total. The van der Waals surface area contributed by atoms with Crippen molar-refractivity contribution in [3.63, 3.8) is 0 Å². The van der Waals surface area contributed by atoms with Crippen molar-refractivity contribution < 1.29 is 4.79 Å². The quantitative estimate of drug-likeness (QED) is 0.808. The fourth-order valence-electron chi connectivity index (χ4n) is 2.00. The van der Waals surface area contributed by atoms with Crippen molar-refractivity contribution in [3.05, 3.63) is 62.7 Å². The highest BCUT2D eigenvalue weighted by atomic mass is 16.2. The molecular formula is C15H15N5O3. The van der Waals surface area contributed by atoms with Crippen molar-refractivity contribution in [1.82, 2.24) is 19.4 Å². The van der Waals surface area contributed by atoms with Gasteiger partial charge in [-0.1, -0.05) is 6.07 Å². The first-order valence-electron chi connectivity index (χ1n) is 6.96. The second-order valence-corrected chi connectivity index (χ2v) is 4.75. The number of nitriles is 1. The Morgan fingerprint density at radius 2 is 2.22 bits per heavy atom. The van der Waals surface area contributed by atoms with E-state index in [1.807, 2.05) is 0 Å². The topological polar surface area (TPSA) is 110 Å². The summed E-state index contributed by atoms with van der Waals surface area (Å²) < 4.78 is 1.98. The van der Waals surface area contributed by atoms with E-state index in [4.69, 9.17) is 5.26 Å². The summed E-state index contributed by atoms with van der Waals surface area (Å²) in [4.78, 5) is 40.1. The zero-order valence-corrected chi connectivity index (χ0v) is 12.5. The lowest BCUT2D eigenvalue weighted by Crippen LogP contribution is -2.44. The highest BCUT2D eigenvalue weighted by Gasteiger charge is 2.13. The number of hydrogen-bond donors (Lipinski definition) is 1. The van der Waals surface area contributed by atoms with Gasteiger partial charge in [0.15, 0.2) is 0 Å². The molecule has 2 aromatic rings. The van der Waals surface area contributed by atoms with Gasteiger partial charge < -0.3 is 5.32 Å². The van der Waals surface area contributed by atoms with E-state index in [1.54, 1.807) is 37.5 Å². The maximum Gasteiger partial charge on any atom is 0.331 e. The molecule has 8 heteroatoms. The number of nitrogens with zero attached hydrogens (tertiary/aromatic N) is 4. The predicted octanol–water partition coefficient (Wildman–Crippen LogP) is -0.387. The van der Waals surface area contributed by atoms with Crippen LogP contribution in [0, 0.1) is 11.3 Å². The highest BCUT2D eigenvalue weighted by molar-refractivity contribution is 5.75. The molecule has 0 fully saturated rings. The maximum absolute atomic E-state index is 12.1. The normalized spacial score (nSPS) is 10.1. The van der Waals surface area contributed by atoms with Crippen LogP contribution in [0.5, 0.6) is 0 Å². The third-order valence-electron chi connectivity index (χ3n) is 3.21. The molecule has 2 aromatic heterocycles. The number of aryl methyl sites for hydroxylation is 1. The van der Waals surface area contributed by atoms with Crippen LogP contribution in [0.4, 0.5) is 0 Å². The van der Waals surface area contributed by atoms with E-state index >= 15 is 0 Å².